The molecular weight excluding hydrogens is 457 g/mol. The predicted octanol–water partition coefficient (Wildman–Crippen LogP) is 4.08. The summed E-state index contributed by atoms with van der Waals surface area (Å²) in [6.07, 6.45) is 0.904. The molecule has 2 aromatic rings. The second-order valence-corrected chi connectivity index (χ2v) is 6.02. The van der Waals surface area contributed by atoms with Crippen molar-refractivity contribution in [3.05, 3.63) is 48.0 Å². The van der Waals surface area contributed by atoms with Gasteiger partial charge in [0.1, 0.15) is 5.75 Å². The number of nitrogens with two attached hydrogens (primary N) is 1. The van der Waals surface area contributed by atoms with Gasteiger partial charge in [0.05, 0.1) is 20.3 Å². The maximum Gasteiger partial charge on any atom is 0.193 e. The summed E-state index contributed by atoms with van der Waals surface area (Å²) in [5.41, 5.74) is 7.93. The van der Waals surface area contributed by atoms with Crippen LogP contribution in [0.4, 0.5) is 5.69 Å². The van der Waals surface area contributed by atoms with Crippen molar-refractivity contribution in [1.82, 2.24) is 0 Å². The van der Waals surface area contributed by atoms with E-state index in [1.54, 1.807) is 14.2 Å². The molecule has 27 heavy (non-hydrogen) atoms. The van der Waals surface area contributed by atoms with Gasteiger partial charge in [0.15, 0.2) is 17.5 Å². The topological polar surface area (TPSA) is 78.1 Å². The first kappa shape index (κ1) is 22.9. The lowest BCUT2D eigenvalue weighted by Crippen LogP contribution is -2.23. The van der Waals surface area contributed by atoms with Gasteiger partial charge in [-0.25, -0.2) is 0 Å². The highest BCUT2D eigenvalue weighted by molar-refractivity contribution is 14.0. The summed E-state index contributed by atoms with van der Waals surface area (Å²) in [5, 5.41) is 3.08. The molecule has 6 nitrogen and oxygen atoms in total. The Hall–Kier alpha value is -2.16. The SMILES string of the molecule is COc1ccc(CCN=C(N)Nc2ccc(OC(C)C)cc2)cc1OC.I. The van der Waals surface area contributed by atoms with E-state index in [1.807, 2.05) is 56.3 Å². The van der Waals surface area contributed by atoms with Crippen LogP contribution in [0, 0.1) is 0 Å². The minimum atomic E-state index is 0. The molecule has 0 fully saturated rings. The van der Waals surface area contributed by atoms with Crippen molar-refractivity contribution in [3.63, 3.8) is 0 Å². The maximum absolute atomic E-state index is 5.95. The standard InChI is InChI=1S/C20H27N3O3.HI/c1-14(2)26-17-8-6-16(7-9-17)23-20(21)22-12-11-15-5-10-18(24-3)19(13-15)25-4;/h5-10,13-14H,11-12H2,1-4H3,(H3,21,22,23);1H. The monoisotopic (exact) mass is 485 g/mol. The Bertz CT molecular complexity index is 734. The molecular formula is C20H28IN3O3. The molecule has 0 aromatic heterocycles. The lowest BCUT2D eigenvalue weighted by molar-refractivity contribution is 0.242. The van der Waals surface area contributed by atoms with E-state index in [-0.39, 0.29) is 30.1 Å². The van der Waals surface area contributed by atoms with Gasteiger partial charge in [0.25, 0.3) is 0 Å². The molecule has 0 atom stereocenters. The van der Waals surface area contributed by atoms with Crippen LogP contribution in [0.2, 0.25) is 0 Å². The third-order valence-electron chi connectivity index (χ3n) is 3.63. The summed E-state index contributed by atoms with van der Waals surface area (Å²) in [6.45, 7) is 4.56. The van der Waals surface area contributed by atoms with Gasteiger partial charge in [-0.1, -0.05) is 6.07 Å². The summed E-state index contributed by atoms with van der Waals surface area (Å²) in [5.74, 6) is 2.63. The molecule has 0 saturated carbocycles. The minimum Gasteiger partial charge on any atom is -0.493 e. The van der Waals surface area contributed by atoms with Crippen molar-refractivity contribution in [1.29, 1.82) is 0 Å². The van der Waals surface area contributed by atoms with Crippen LogP contribution >= 0.6 is 24.0 Å². The van der Waals surface area contributed by atoms with E-state index >= 15 is 0 Å². The molecule has 0 aliphatic carbocycles. The zero-order valence-corrected chi connectivity index (χ0v) is 18.5. The van der Waals surface area contributed by atoms with E-state index in [0.29, 0.717) is 24.0 Å². The molecule has 0 bridgehead atoms. The molecule has 2 aromatic carbocycles. The number of nitrogens with one attached hydrogen (secondary N) is 1. The number of anilines is 1. The summed E-state index contributed by atoms with van der Waals surface area (Å²) < 4.78 is 16.2. The van der Waals surface area contributed by atoms with Crippen LogP contribution in [0.1, 0.15) is 19.4 Å². The normalized spacial score (nSPS) is 10.9. The first-order valence-electron chi connectivity index (χ1n) is 8.56. The van der Waals surface area contributed by atoms with Gasteiger partial charge in [-0.2, -0.15) is 0 Å². The molecule has 0 radical (unpaired) electrons. The van der Waals surface area contributed by atoms with Gasteiger partial charge in [0, 0.05) is 12.2 Å². The largest absolute Gasteiger partial charge is 0.493 e. The number of nitrogens with zero attached hydrogens (tertiary/aromatic N) is 1. The first-order chi connectivity index (χ1) is 12.5. The van der Waals surface area contributed by atoms with Crippen molar-refractivity contribution in [2.75, 3.05) is 26.1 Å². The van der Waals surface area contributed by atoms with Crippen LogP contribution in [-0.4, -0.2) is 32.8 Å². The predicted molar refractivity (Wildman–Crippen MR) is 121 cm³/mol. The Labute approximate surface area is 178 Å². The Morgan fingerprint density at radius 3 is 2.30 bits per heavy atom. The Balaban J connectivity index is 0.00000364. The van der Waals surface area contributed by atoms with Gasteiger partial charge < -0.3 is 25.3 Å². The fraction of sp³-hybridized carbons (Fsp3) is 0.350. The van der Waals surface area contributed by atoms with Crippen LogP contribution in [0.3, 0.4) is 0 Å². The summed E-state index contributed by atoms with van der Waals surface area (Å²) >= 11 is 0. The summed E-state index contributed by atoms with van der Waals surface area (Å²) in [4.78, 5) is 4.36. The number of halogens is 1. The molecule has 0 saturated heterocycles. The lowest BCUT2D eigenvalue weighted by atomic mass is 10.1. The molecule has 148 valence electrons. The Kier molecular flexibility index (Phi) is 9.77. The number of ether oxygens (including phenoxy) is 3. The van der Waals surface area contributed by atoms with Gasteiger partial charge >= 0.3 is 0 Å². The molecule has 0 heterocycles. The van der Waals surface area contributed by atoms with Gasteiger partial charge in [0.2, 0.25) is 0 Å². The zero-order chi connectivity index (χ0) is 18.9. The van der Waals surface area contributed by atoms with E-state index in [9.17, 15) is 0 Å². The van der Waals surface area contributed by atoms with E-state index in [1.165, 1.54) is 0 Å². The van der Waals surface area contributed by atoms with E-state index in [2.05, 4.69) is 10.3 Å². The summed E-state index contributed by atoms with van der Waals surface area (Å²) in [6, 6.07) is 13.5. The number of methoxy groups -OCH3 is 2. The highest BCUT2D eigenvalue weighted by atomic mass is 127. The molecule has 0 aliphatic heterocycles. The second kappa shape index (κ2) is 11.5. The van der Waals surface area contributed by atoms with Crippen molar-refractivity contribution >= 4 is 35.6 Å². The quantitative estimate of drug-likeness (QED) is 0.335. The third kappa shape index (κ3) is 7.54. The lowest BCUT2D eigenvalue weighted by Gasteiger charge is -2.11. The van der Waals surface area contributed by atoms with Gasteiger partial charge in [-0.3, -0.25) is 4.99 Å². The Morgan fingerprint density at radius 1 is 1.04 bits per heavy atom. The summed E-state index contributed by atoms with van der Waals surface area (Å²) in [7, 11) is 3.24. The highest BCUT2D eigenvalue weighted by Crippen LogP contribution is 2.27. The number of aliphatic imine (C=N–C) groups is 1. The molecule has 0 aliphatic rings. The van der Waals surface area contributed by atoms with Gasteiger partial charge in [-0.15, -0.1) is 24.0 Å². The van der Waals surface area contributed by atoms with E-state index in [0.717, 1.165) is 23.4 Å². The van der Waals surface area contributed by atoms with Crippen LogP contribution in [-0.2, 0) is 6.42 Å². The van der Waals surface area contributed by atoms with E-state index < -0.39 is 0 Å². The van der Waals surface area contributed by atoms with E-state index in [4.69, 9.17) is 19.9 Å². The minimum absolute atomic E-state index is 0. The van der Waals surface area contributed by atoms with Crippen molar-refractivity contribution < 1.29 is 14.2 Å². The number of guanidine groups is 1. The Morgan fingerprint density at radius 2 is 1.70 bits per heavy atom. The average molecular weight is 485 g/mol. The molecule has 7 heteroatoms. The number of benzene rings is 2. The highest BCUT2D eigenvalue weighted by Gasteiger charge is 2.04. The average Bonchev–Trinajstić information content (AvgIpc) is 2.62. The van der Waals surface area contributed by atoms with Gasteiger partial charge in [-0.05, 0) is 62.2 Å². The van der Waals surface area contributed by atoms with Crippen molar-refractivity contribution in [3.8, 4) is 17.2 Å². The number of hydrogen-bond donors (Lipinski definition) is 2. The van der Waals surface area contributed by atoms with Crippen molar-refractivity contribution in [2.24, 2.45) is 10.7 Å². The zero-order valence-electron chi connectivity index (χ0n) is 16.2. The fourth-order valence-electron chi connectivity index (χ4n) is 2.42. The maximum atomic E-state index is 5.95. The number of hydrogen-bond acceptors (Lipinski definition) is 4. The second-order valence-electron chi connectivity index (χ2n) is 6.02. The first-order valence-corrected chi connectivity index (χ1v) is 8.56. The van der Waals surface area contributed by atoms with Crippen LogP contribution < -0.4 is 25.3 Å². The van der Waals surface area contributed by atoms with Crippen LogP contribution in [0.25, 0.3) is 0 Å². The molecule has 3 N–H and O–H groups in total. The van der Waals surface area contributed by atoms with Crippen LogP contribution in [0.15, 0.2) is 47.5 Å². The molecule has 0 amide bonds. The van der Waals surface area contributed by atoms with Crippen LogP contribution in [0.5, 0.6) is 17.2 Å². The molecule has 0 unspecified atom stereocenters. The molecule has 2 rings (SSSR count). The molecule has 0 spiro atoms. The number of rotatable bonds is 8. The smallest absolute Gasteiger partial charge is 0.193 e. The fourth-order valence-corrected chi connectivity index (χ4v) is 2.42. The van der Waals surface area contributed by atoms with Crippen molar-refractivity contribution in [2.45, 2.75) is 26.4 Å². The third-order valence-corrected chi connectivity index (χ3v) is 3.63.